The van der Waals surface area contributed by atoms with E-state index >= 15 is 0 Å². The van der Waals surface area contributed by atoms with Crippen molar-refractivity contribution in [2.75, 3.05) is 5.32 Å². The van der Waals surface area contributed by atoms with Gasteiger partial charge in [-0.05, 0) is 19.8 Å². The van der Waals surface area contributed by atoms with Crippen LogP contribution in [0.2, 0.25) is 0 Å². The minimum atomic E-state index is 0.492. The zero-order valence-electron chi connectivity index (χ0n) is 11.4. The lowest BCUT2D eigenvalue weighted by molar-refractivity contribution is 0.593. The standard InChI is InChI=1S/C14H25N3/c1-4-6-7-8-9-12(3)17-14-10-13(5-2)15-11-16-14/h10-12H,4-9H2,1-3H3,(H,15,16,17). The maximum absolute atomic E-state index is 4.25. The lowest BCUT2D eigenvalue weighted by atomic mass is 10.1. The molecule has 1 rings (SSSR count). The number of anilines is 1. The van der Waals surface area contributed by atoms with Gasteiger partial charge in [0, 0.05) is 17.8 Å². The molecule has 0 aromatic carbocycles. The summed E-state index contributed by atoms with van der Waals surface area (Å²) in [5, 5.41) is 3.44. The summed E-state index contributed by atoms with van der Waals surface area (Å²) in [5.74, 6) is 0.958. The fraction of sp³-hybridized carbons (Fsp3) is 0.714. The summed E-state index contributed by atoms with van der Waals surface area (Å²) in [6.45, 7) is 6.58. The van der Waals surface area contributed by atoms with Gasteiger partial charge in [-0.1, -0.05) is 39.5 Å². The Morgan fingerprint density at radius 3 is 2.71 bits per heavy atom. The summed E-state index contributed by atoms with van der Waals surface area (Å²) in [4.78, 5) is 8.45. The first-order valence-electron chi connectivity index (χ1n) is 6.83. The van der Waals surface area contributed by atoms with Gasteiger partial charge >= 0.3 is 0 Å². The molecule has 1 N–H and O–H groups in total. The van der Waals surface area contributed by atoms with Crippen molar-refractivity contribution in [1.29, 1.82) is 0 Å². The molecule has 0 spiro atoms. The van der Waals surface area contributed by atoms with E-state index in [1.54, 1.807) is 6.33 Å². The quantitative estimate of drug-likeness (QED) is 0.696. The lowest BCUT2D eigenvalue weighted by Crippen LogP contribution is -2.16. The molecular weight excluding hydrogens is 210 g/mol. The van der Waals surface area contributed by atoms with Gasteiger partial charge in [-0.15, -0.1) is 0 Å². The third kappa shape index (κ3) is 5.66. The fourth-order valence-corrected chi connectivity index (χ4v) is 1.87. The molecular formula is C14H25N3. The molecule has 17 heavy (non-hydrogen) atoms. The molecule has 1 aromatic heterocycles. The highest BCUT2D eigenvalue weighted by Crippen LogP contribution is 2.11. The maximum Gasteiger partial charge on any atom is 0.129 e. The largest absolute Gasteiger partial charge is 0.368 e. The molecule has 0 saturated carbocycles. The lowest BCUT2D eigenvalue weighted by Gasteiger charge is -2.14. The molecule has 3 heteroatoms. The zero-order chi connectivity index (χ0) is 12.5. The van der Waals surface area contributed by atoms with Crippen molar-refractivity contribution in [2.24, 2.45) is 0 Å². The number of nitrogens with zero attached hydrogens (tertiary/aromatic N) is 2. The maximum atomic E-state index is 4.25. The van der Waals surface area contributed by atoms with Crippen LogP contribution in [-0.2, 0) is 6.42 Å². The summed E-state index contributed by atoms with van der Waals surface area (Å²) in [5.41, 5.74) is 1.10. The topological polar surface area (TPSA) is 37.8 Å². The first-order valence-corrected chi connectivity index (χ1v) is 6.83. The van der Waals surface area contributed by atoms with Crippen molar-refractivity contribution in [2.45, 2.75) is 65.3 Å². The summed E-state index contributed by atoms with van der Waals surface area (Å²) >= 11 is 0. The van der Waals surface area contributed by atoms with E-state index in [-0.39, 0.29) is 0 Å². The predicted molar refractivity (Wildman–Crippen MR) is 73.3 cm³/mol. The van der Waals surface area contributed by atoms with Crippen LogP contribution in [0, 0.1) is 0 Å². The van der Waals surface area contributed by atoms with Gasteiger partial charge in [0.2, 0.25) is 0 Å². The van der Waals surface area contributed by atoms with Crippen LogP contribution in [0.1, 0.15) is 58.6 Å². The Morgan fingerprint density at radius 2 is 2.00 bits per heavy atom. The van der Waals surface area contributed by atoms with E-state index in [0.29, 0.717) is 6.04 Å². The molecule has 0 aliphatic rings. The molecule has 1 atom stereocenters. The molecule has 0 fully saturated rings. The fourth-order valence-electron chi connectivity index (χ4n) is 1.87. The van der Waals surface area contributed by atoms with Crippen molar-refractivity contribution in [3.63, 3.8) is 0 Å². The molecule has 0 aliphatic heterocycles. The van der Waals surface area contributed by atoms with Crippen molar-refractivity contribution in [3.05, 3.63) is 18.1 Å². The Labute approximate surface area is 105 Å². The van der Waals surface area contributed by atoms with Gasteiger partial charge in [0.25, 0.3) is 0 Å². The molecule has 0 amide bonds. The van der Waals surface area contributed by atoms with Crippen molar-refractivity contribution >= 4 is 5.82 Å². The number of aryl methyl sites for hydroxylation is 1. The third-order valence-electron chi connectivity index (χ3n) is 2.97. The monoisotopic (exact) mass is 235 g/mol. The highest BCUT2D eigenvalue weighted by Gasteiger charge is 2.03. The minimum absolute atomic E-state index is 0.492. The summed E-state index contributed by atoms with van der Waals surface area (Å²) in [7, 11) is 0. The van der Waals surface area contributed by atoms with Crippen LogP contribution in [0.25, 0.3) is 0 Å². The van der Waals surface area contributed by atoms with Crippen LogP contribution in [0.3, 0.4) is 0 Å². The van der Waals surface area contributed by atoms with E-state index in [1.807, 2.05) is 6.07 Å². The molecule has 0 bridgehead atoms. The average Bonchev–Trinajstić information content (AvgIpc) is 2.35. The second kappa shape index (κ2) is 8.04. The highest BCUT2D eigenvalue weighted by molar-refractivity contribution is 5.35. The first-order chi connectivity index (χ1) is 8.26. The number of rotatable bonds is 8. The minimum Gasteiger partial charge on any atom is -0.368 e. The summed E-state index contributed by atoms with van der Waals surface area (Å²) < 4.78 is 0. The Morgan fingerprint density at radius 1 is 1.18 bits per heavy atom. The van der Waals surface area contributed by atoms with E-state index in [1.165, 1.54) is 32.1 Å². The number of hydrogen-bond donors (Lipinski definition) is 1. The van der Waals surface area contributed by atoms with Crippen molar-refractivity contribution < 1.29 is 0 Å². The van der Waals surface area contributed by atoms with Gasteiger partial charge < -0.3 is 5.32 Å². The Kier molecular flexibility index (Phi) is 6.60. The highest BCUT2D eigenvalue weighted by atomic mass is 15.0. The second-order valence-electron chi connectivity index (χ2n) is 4.64. The van der Waals surface area contributed by atoms with Gasteiger partial charge in [0.1, 0.15) is 12.1 Å². The van der Waals surface area contributed by atoms with Gasteiger partial charge in [0.15, 0.2) is 0 Å². The van der Waals surface area contributed by atoms with Crippen LogP contribution < -0.4 is 5.32 Å². The van der Waals surface area contributed by atoms with Gasteiger partial charge in [0.05, 0.1) is 0 Å². The SMILES string of the molecule is CCCCCCC(C)Nc1cc(CC)ncn1. The van der Waals surface area contributed by atoms with Gasteiger partial charge in [-0.2, -0.15) is 0 Å². The molecule has 0 radical (unpaired) electrons. The normalized spacial score (nSPS) is 12.4. The van der Waals surface area contributed by atoms with Crippen LogP contribution in [0.5, 0.6) is 0 Å². The molecule has 0 aliphatic carbocycles. The van der Waals surface area contributed by atoms with E-state index in [4.69, 9.17) is 0 Å². The Hall–Kier alpha value is -1.12. The van der Waals surface area contributed by atoms with Crippen LogP contribution >= 0.6 is 0 Å². The van der Waals surface area contributed by atoms with Gasteiger partial charge in [-0.25, -0.2) is 9.97 Å². The number of unbranched alkanes of at least 4 members (excludes halogenated alkanes) is 3. The zero-order valence-corrected chi connectivity index (χ0v) is 11.4. The Bertz CT molecular complexity index is 312. The molecule has 3 nitrogen and oxygen atoms in total. The molecule has 1 unspecified atom stereocenters. The molecule has 0 saturated heterocycles. The molecule has 96 valence electrons. The average molecular weight is 235 g/mol. The second-order valence-corrected chi connectivity index (χ2v) is 4.64. The smallest absolute Gasteiger partial charge is 0.129 e. The number of nitrogens with one attached hydrogen (secondary N) is 1. The van der Waals surface area contributed by atoms with Crippen LogP contribution in [-0.4, -0.2) is 16.0 Å². The van der Waals surface area contributed by atoms with E-state index < -0.39 is 0 Å². The van der Waals surface area contributed by atoms with E-state index in [0.717, 1.165) is 17.9 Å². The number of aromatic nitrogens is 2. The van der Waals surface area contributed by atoms with Crippen molar-refractivity contribution in [1.82, 2.24) is 9.97 Å². The van der Waals surface area contributed by atoms with Gasteiger partial charge in [-0.3, -0.25) is 0 Å². The van der Waals surface area contributed by atoms with Crippen LogP contribution in [0.15, 0.2) is 12.4 Å². The summed E-state index contributed by atoms with van der Waals surface area (Å²) in [6.07, 6.45) is 9.10. The summed E-state index contributed by atoms with van der Waals surface area (Å²) in [6, 6.07) is 2.54. The molecule has 1 heterocycles. The third-order valence-corrected chi connectivity index (χ3v) is 2.97. The van der Waals surface area contributed by atoms with E-state index in [9.17, 15) is 0 Å². The number of hydrogen-bond acceptors (Lipinski definition) is 3. The predicted octanol–water partition coefficient (Wildman–Crippen LogP) is 3.81. The Balaban J connectivity index is 2.31. The van der Waals surface area contributed by atoms with E-state index in [2.05, 4.69) is 36.1 Å². The first kappa shape index (κ1) is 13.9. The molecule has 1 aromatic rings. The van der Waals surface area contributed by atoms with Crippen molar-refractivity contribution in [3.8, 4) is 0 Å². The van der Waals surface area contributed by atoms with Crippen LogP contribution in [0.4, 0.5) is 5.82 Å².